The van der Waals surface area contributed by atoms with Gasteiger partial charge in [-0.2, -0.15) is 0 Å². The Morgan fingerprint density at radius 2 is 2.00 bits per heavy atom. The fourth-order valence-electron chi connectivity index (χ4n) is 2.81. The van der Waals surface area contributed by atoms with E-state index in [1.54, 1.807) is 28.8 Å². The van der Waals surface area contributed by atoms with Gasteiger partial charge in [-0.3, -0.25) is 9.59 Å². The van der Waals surface area contributed by atoms with E-state index in [0.717, 1.165) is 5.69 Å². The lowest BCUT2D eigenvalue weighted by Gasteiger charge is -2.22. The molecule has 31 heavy (non-hydrogen) atoms. The molecule has 2 amide bonds. The van der Waals surface area contributed by atoms with Crippen molar-refractivity contribution in [2.75, 3.05) is 11.1 Å². The van der Waals surface area contributed by atoms with Gasteiger partial charge in [-0.15, -0.1) is 21.5 Å². The first-order valence-electron chi connectivity index (χ1n) is 9.55. The number of anilines is 1. The summed E-state index contributed by atoms with van der Waals surface area (Å²) >= 11 is 8.81. The van der Waals surface area contributed by atoms with Crippen molar-refractivity contribution < 1.29 is 9.59 Å². The number of thioether (sulfide) groups is 1. The predicted octanol–water partition coefficient (Wildman–Crippen LogP) is 4.09. The van der Waals surface area contributed by atoms with E-state index in [1.165, 1.54) is 23.1 Å². The number of aryl methyl sites for hydroxylation is 1. The molecule has 0 aliphatic carbocycles. The van der Waals surface area contributed by atoms with Gasteiger partial charge in [0, 0.05) is 12.4 Å². The lowest BCUT2D eigenvalue weighted by molar-refractivity contribution is -0.113. The minimum Gasteiger partial charge on any atom is -0.342 e. The highest BCUT2D eigenvalue weighted by atomic mass is 35.5. The number of aromatic nitrogens is 4. The fraction of sp³-hybridized carbons (Fsp3) is 0.350. The van der Waals surface area contributed by atoms with E-state index in [-0.39, 0.29) is 29.5 Å². The Morgan fingerprint density at radius 1 is 1.26 bits per heavy atom. The zero-order valence-corrected chi connectivity index (χ0v) is 19.9. The van der Waals surface area contributed by atoms with E-state index in [4.69, 9.17) is 11.6 Å². The molecule has 0 spiro atoms. The van der Waals surface area contributed by atoms with Gasteiger partial charge in [0.1, 0.15) is 0 Å². The molecule has 0 unspecified atom stereocenters. The van der Waals surface area contributed by atoms with Crippen molar-refractivity contribution in [1.82, 2.24) is 25.1 Å². The third kappa shape index (κ3) is 5.84. The summed E-state index contributed by atoms with van der Waals surface area (Å²) in [5.41, 5.74) is 1.27. The number of nitrogens with zero attached hydrogens (tertiary/aromatic N) is 4. The molecular weight excluding hydrogens is 456 g/mol. The molecule has 2 heterocycles. The third-order valence-corrected chi connectivity index (χ3v) is 6.64. The first kappa shape index (κ1) is 23.2. The zero-order valence-electron chi connectivity index (χ0n) is 17.5. The average Bonchev–Trinajstić information content (AvgIpc) is 3.29. The second-order valence-electron chi connectivity index (χ2n) is 7.21. The van der Waals surface area contributed by atoms with E-state index in [0.29, 0.717) is 26.7 Å². The zero-order chi connectivity index (χ0) is 22.5. The van der Waals surface area contributed by atoms with Gasteiger partial charge in [-0.25, -0.2) is 4.98 Å². The van der Waals surface area contributed by atoms with Crippen LogP contribution in [0.25, 0.3) is 0 Å². The van der Waals surface area contributed by atoms with Crippen molar-refractivity contribution >= 4 is 51.6 Å². The summed E-state index contributed by atoms with van der Waals surface area (Å²) in [6.45, 7) is 5.85. The van der Waals surface area contributed by atoms with E-state index in [2.05, 4.69) is 25.8 Å². The molecule has 3 aromatic rings. The maximum Gasteiger partial charge on any atom is 0.253 e. The lowest BCUT2D eigenvalue weighted by Crippen LogP contribution is -2.33. The van der Waals surface area contributed by atoms with E-state index in [9.17, 15) is 9.59 Å². The number of hydrogen-bond donors (Lipinski definition) is 2. The normalized spacial score (nSPS) is 12.1. The Morgan fingerprint density at radius 3 is 2.65 bits per heavy atom. The average molecular weight is 479 g/mol. The molecule has 0 radical (unpaired) electrons. The number of carbonyl (C=O) groups excluding carboxylic acids is 2. The Hall–Kier alpha value is -2.43. The smallest absolute Gasteiger partial charge is 0.253 e. The topological polar surface area (TPSA) is 102 Å². The molecule has 1 atom stereocenters. The minimum atomic E-state index is -0.372. The fourth-order valence-corrected chi connectivity index (χ4v) is 4.46. The monoisotopic (exact) mass is 478 g/mol. The van der Waals surface area contributed by atoms with Gasteiger partial charge in [0.25, 0.3) is 5.91 Å². The first-order chi connectivity index (χ1) is 14.8. The quantitative estimate of drug-likeness (QED) is 0.473. The van der Waals surface area contributed by atoms with Crippen molar-refractivity contribution in [1.29, 1.82) is 0 Å². The van der Waals surface area contributed by atoms with Gasteiger partial charge in [0.15, 0.2) is 16.1 Å². The SMILES string of the molecule is Cc1csc(NC(=O)CSc2nnc([C@H](NC(=O)c3ccccc3Cl)C(C)C)n2C)n1. The molecule has 0 saturated heterocycles. The number of carbonyl (C=O) groups is 2. The van der Waals surface area contributed by atoms with Crippen molar-refractivity contribution in [2.24, 2.45) is 13.0 Å². The summed E-state index contributed by atoms with van der Waals surface area (Å²) in [7, 11) is 1.82. The molecule has 8 nitrogen and oxygen atoms in total. The minimum absolute atomic E-state index is 0.0589. The standard InChI is InChI=1S/C20H23ClN6O2S2/c1-11(2)16(24-18(29)13-7-5-6-8-14(13)21)17-25-26-20(27(17)4)31-10-15(28)23-19-22-12(3)9-30-19/h5-9,11,16H,10H2,1-4H3,(H,24,29)(H,22,23,28)/t16-/m1/s1. The van der Waals surface area contributed by atoms with E-state index in [1.807, 2.05) is 33.2 Å². The van der Waals surface area contributed by atoms with Crippen LogP contribution in [0.1, 0.15) is 41.8 Å². The Bertz CT molecular complexity index is 1080. The Balaban J connectivity index is 1.67. The third-order valence-electron chi connectivity index (χ3n) is 4.42. The van der Waals surface area contributed by atoms with Crippen LogP contribution in [0.5, 0.6) is 0 Å². The summed E-state index contributed by atoms with van der Waals surface area (Å²) < 4.78 is 1.79. The molecule has 0 aliphatic rings. The van der Waals surface area contributed by atoms with Gasteiger partial charge in [-0.1, -0.05) is 49.3 Å². The molecule has 1 aromatic carbocycles. The van der Waals surface area contributed by atoms with Gasteiger partial charge in [0.05, 0.1) is 28.1 Å². The van der Waals surface area contributed by atoms with Crippen LogP contribution in [0, 0.1) is 12.8 Å². The maximum atomic E-state index is 12.7. The van der Waals surface area contributed by atoms with Crippen LogP contribution in [-0.2, 0) is 11.8 Å². The lowest BCUT2D eigenvalue weighted by atomic mass is 10.0. The molecule has 3 rings (SSSR count). The number of amides is 2. The summed E-state index contributed by atoms with van der Waals surface area (Å²) in [6, 6.07) is 6.52. The van der Waals surface area contributed by atoms with Crippen LogP contribution < -0.4 is 10.6 Å². The molecule has 164 valence electrons. The predicted molar refractivity (Wildman–Crippen MR) is 124 cm³/mol. The molecule has 2 N–H and O–H groups in total. The molecule has 11 heteroatoms. The van der Waals surface area contributed by atoms with Crippen LogP contribution in [-0.4, -0.2) is 37.3 Å². The van der Waals surface area contributed by atoms with Crippen LogP contribution in [0.3, 0.4) is 0 Å². The van der Waals surface area contributed by atoms with Crippen molar-refractivity contribution in [3.05, 3.63) is 51.7 Å². The molecule has 0 bridgehead atoms. The van der Waals surface area contributed by atoms with Crippen LogP contribution in [0.2, 0.25) is 5.02 Å². The summed E-state index contributed by atoms with van der Waals surface area (Å²) in [5, 5.41) is 17.7. The number of hydrogen-bond acceptors (Lipinski definition) is 7. The van der Waals surface area contributed by atoms with Crippen molar-refractivity contribution in [3.8, 4) is 0 Å². The molecule has 0 fully saturated rings. The summed E-state index contributed by atoms with van der Waals surface area (Å²) in [5.74, 6) is 0.386. The van der Waals surface area contributed by atoms with E-state index >= 15 is 0 Å². The summed E-state index contributed by atoms with van der Waals surface area (Å²) in [4.78, 5) is 29.2. The molecule has 0 saturated carbocycles. The van der Waals surface area contributed by atoms with Crippen LogP contribution in [0.4, 0.5) is 5.13 Å². The number of benzene rings is 1. The Kier molecular flexibility index (Phi) is 7.69. The second kappa shape index (κ2) is 10.3. The highest BCUT2D eigenvalue weighted by Crippen LogP contribution is 2.25. The van der Waals surface area contributed by atoms with Gasteiger partial charge >= 0.3 is 0 Å². The largest absolute Gasteiger partial charge is 0.342 e. The number of thiazole rings is 1. The van der Waals surface area contributed by atoms with Crippen molar-refractivity contribution in [3.63, 3.8) is 0 Å². The number of nitrogens with one attached hydrogen (secondary N) is 2. The molecular formula is C20H23ClN6O2S2. The second-order valence-corrected chi connectivity index (χ2v) is 9.41. The van der Waals surface area contributed by atoms with Gasteiger partial charge in [0.2, 0.25) is 5.91 Å². The highest BCUT2D eigenvalue weighted by molar-refractivity contribution is 7.99. The molecule has 2 aromatic heterocycles. The molecule has 0 aliphatic heterocycles. The Labute approximate surface area is 193 Å². The highest BCUT2D eigenvalue weighted by Gasteiger charge is 2.26. The van der Waals surface area contributed by atoms with E-state index < -0.39 is 0 Å². The number of rotatable bonds is 8. The van der Waals surface area contributed by atoms with Crippen molar-refractivity contribution in [2.45, 2.75) is 32.0 Å². The number of halogens is 1. The van der Waals surface area contributed by atoms with Gasteiger partial charge in [-0.05, 0) is 25.0 Å². The maximum absolute atomic E-state index is 12.7. The van der Waals surface area contributed by atoms with Gasteiger partial charge < -0.3 is 15.2 Å². The van der Waals surface area contributed by atoms with Crippen LogP contribution in [0.15, 0.2) is 34.8 Å². The first-order valence-corrected chi connectivity index (χ1v) is 11.8. The van der Waals surface area contributed by atoms with Crippen LogP contribution >= 0.6 is 34.7 Å². The summed E-state index contributed by atoms with van der Waals surface area (Å²) in [6.07, 6.45) is 0.